The van der Waals surface area contributed by atoms with Gasteiger partial charge in [-0.15, -0.1) is 0 Å². The SMILES string of the molecule is Cc1nn(C)c(C)c1C(=O)Nc1ncccc1C(=O)O. The molecule has 0 aliphatic rings. The van der Waals surface area contributed by atoms with Crippen LogP contribution in [-0.4, -0.2) is 31.7 Å². The van der Waals surface area contributed by atoms with Crippen LogP contribution in [0.25, 0.3) is 0 Å². The fourth-order valence-electron chi connectivity index (χ4n) is 1.95. The van der Waals surface area contributed by atoms with Crippen LogP contribution in [0.2, 0.25) is 0 Å². The van der Waals surface area contributed by atoms with Crippen LogP contribution in [0.5, 0.6) is 0 Å². The van der Waals surface area contributed by atoms with Crippen LogP contribution in [0.3, 0.4) is 0 Å². The molecule has 20 heavy (non-hydrogen) atoms. The molecular weight excluding hydrogens is 260 g/mol. The summed E-state index contributed by atoms with van der Waals surface area (Å²) in [5.41, 5.74) is 1.65. The van der Waals surface area contributed by atoms with Gasteiger partial charge < -0.3 is 10.4 Å². The highest BCUT2D eigenvalue weighted by Crippen LogP contribution is 2.16. The van der Waals surface area contributed by atoms with Gasteiger partial charge in [0.05, 0.1) is 11.3 Å². The number of hydrogen-bond acceptors (Lipinski definition) is 4. The molecule has 0 radical (unpaired) electrons. The first-order valence-electron chi connectivity index (χ1n) is 5.91. The van der Waals surface area contributed by atoms with Crippen molar-refractivity contribution in [1.29, 1.82) is 0 Å². The van der Waals surface area contributed by atoms with Gasteiger partial charge in [-0.05, 0) is 26.0 Å². The highest BCUT2D eigenvalue weighted by atomic mass is 16.4. The lowest BCUT2D eigenvalue weighted by molar-refractivity contribution is 0.0697. The molecule has 0 saturated carbocycles. The van der Waals surface area contributed by atoms with Crippen LogP contribution >= 0.6 is 0 Å². The van der Waals surface area contributed by atoms with E-state index in [2.05, 4.69) is 15.4 Å². The highest BCUT2D eigenvalue weighted by Gasteiger charge is 2.20. The van der Waals surface area contributed by atoms with E-state index in [0.29, 0.717) is 17.0 Å². The minimum absolute atomic E-state index is 0.0210. The zero-order chi connectivity index (χ0) is 14.9. The van der Waals surface area contributed by atoms with Gasteiger partial charge in [-0.1, -0.05) is 0 Å². The number of hydrogen-bond donors (Lipinski definition) is 2. The zero-order valence-electron chi connectivity index (χ0n) is 11.3. The van der Waals surface area contributed by atoms with Gasteiger partial charge in [0.1, 0.15) is 11.4 Å². The Balaban J connectivity index is 2.36. The van der Waals surface area contributed by atoms with Gasteiger partial charge in [-0.2, -0.15) is 5.10 Å². The van der Waals surface area contributed by atoms with Crippen molar-refractivity contribution in [3.63, 3.8) is 0 Å². The molecule has 0 spiro atoms. The average Bonchev–Trinajstić information content (AvgIpc) is 2.63. The number of pyridine rings is 1. The van der Waals surface area contributed by atoms with Crippen molar-refractivity contribution in [3.8, 4) is 0 Å². The summed E-state index contributed by atoms with van der Waals surface area (Å²) in [6.07, 6.45) is 1.42. The highest BCUT2D eigenvalue weighted by molar-refractivity contribution is 6.08. The Labute approximate surface area is 115 Å². The Kier molecular flexibility index (Phi) is 3.51. The van der Waals surface area contributed by atoms with E-state index in [1.54, 1.807) is 25.6 Å². The molecule has 0 aromatic carbocycles. The lowest BCUT2D eigenvalue weighted by Crippen LogP contribution is -2.17. The zero-order valence-corrected chi connectivity index (χ0v) is 11.3. The van der Waals surface area contributed by atoms with Gasteiger partial charge >= 0.3 is 5.97 Å². The number of aromatic carboxylic acids is 1. The number of nitrogens with one attached hydrogen (secondary N) is 1. The number of carbonyl (C=O) groups excluding carboxylic acids is 1. The Morgan fingerprint density at radius 3 is 2.60 bits per heavy atom. The quantitative estimate of drug-likeness (QED) is 0.881. The lowest BCUT2D eigenvalue weighted by atomic mass is 10.1. The summed E-state index contributed by atoms with van der Waals surface area (Å²) >= 11 is 0. The molecule has 0 aliphatic heterocycles. The molecule has 0 unspecified atom stereocenters. The summed E-state index contributed by atoms with van der Waals surface area (Å²) in [7, 11) is 1.74. The molecule has 2 aromatic rings. The third-order valence-electron chi connectivity index (χ3n) is 3.01. The minimum atomic E-state index is -1.15. The van der Waals surface area contributed by atoms with Crippen LogP contribution < -0.4 is 5.32 Å². The van der Waals surface area contributed by atoms with Crippen molar-refractivity contribution in [2.24, 2.45) is 7.05 Å². The molecular formula is C13H14N4O3. The van der Waals surface area contributed by atoms with Crippen molar-refractivity contribution in [2.75, 3.05) is 5.32 Å². The molecule has 7 heteroatoms. The molecule has 0 aliphatic carbocycles. The Morgan fingerprint density at radius 1 is 1.35 bits per heavy atom. The number of amides is 1. The van der Waals surface area contributed by atoms with Crippen LogP contribution in [0.15, 0.2) is 18.3 Å². The topological polar surface area (TPSA) is 97.1 Å². The molecule has 2 aromatic heterocycles. The second kappa shape index (κ2) is 5.12. The number of aromatic nitrogens is 3. The summed E-state index contributed by atoms with van der Waals surface area (Å²) in [6.45, 7) is 3.49. The number of rotatable bonds is 3. The molecule has 0 atom stereocenters. The Bertz CT molecular complexity index is 691. The molecule has 2 heterocycles. The molecule has 0 fully saturated rings. The number of nitrogens with zero attached hydrogens (tertiary/aromatic N) is 3. The summed E-state index contributed by atoms with van der Waals surface area (Å²) in [5, 5.41) is 15.7. The number of carbonyl (C=O) groups is 2. The van der Waals surface area contributed by atoms with Crippen molar-refractivity contribution < 1.29 is 14.7 Å². The van der Waals surface area contributed by atoms with E-state index in [1.165, 1.54) is 18.3 Å². The average molecular weight is 274 g/mol. The molecule has 104 valence electrons. The van der Waals surface area contributed by atoms with E-state index in [0.717, 1.165) is 0 Å². The van der Waals surface area contributed by atoms with Crippen molar-refractivity contribution in [1.82, 2.24) is 14.8 Å². The largest absolute Gasteiger partial charge is 0.478 e. The molecule has 2 rings (SSSR count). The standard InChI is InChI=1S/C13H14N4O3/c1-7-10(8(2)17(3)16-7)12(18)15-11-9(13(19)20)5-4-6-14-11/h4-6H,1-3H3,(H,19,20)(H,14,15,18). The molecule has 1 amide bonds. The predicted molar refractivity (Wildman–Crippen MR) is 71.8 cm³/mol. The van der Waals surface area contributed by atoms with Crippen LogP contribution in [0.4, 0.5) is 5.82 Å². The maximum absolute atomic E-state index is 12.2. The fraction of sp³-hybridized carbons (Fsp3) is 0.231. The third-order valence-corrected chi connectivity index (χ3v) is 3.01. The minimum Gasteiger partial charge on any atom is -0.478 e. The van der Waals surface area contributed by atoms with E-state index in [4.69, 9.17) is 5.11 Å². The van der Waals surface area contributed by atoms with E-state index < -0.39 is 11.9 Å². The summed E-state index contributed by atoms with van der Waals surface area (Å²) in [6, 6.07) is 2.88. The van der Waals surface area contributed by atoms with Crippen LogP contribution in [0, 0.1) is 13.8 Å². The van der Waals surface area contributed by atoms with Gasteiger partial charge in [0.15, 0.2) is 0 Å². The molecule has 0 saturated heterocycles. The number of aryl methyl sites for hydroxylation is 2. The summed E-state index contributed by atoms with van der Waals surface area (Å²) in [5.74, 6) is -1.55. The Hall–Kier alpha value is -2.70. The second-order valence-electron chi connectivity index (χ2n) is 4.33. The number of carboxylic acid groups (broad SMARTS) is 1. The normalized spacial score (nSPS) is 10.3. The van der Waals surface area contributed by atoms with Crippen molar-refractivity contribution in [3.05, 3.63) is 40.8 Å². The van der Waals surface area contributed by atoms with Crippen LogP contribution in [0.1, 0.15) is 32.1 Å². The van der Waals surface area contributed by atoms with E-state index in [9.17, 15) is 9.59 Å². The van der Waals surface area contributed by atoms with Crippen LogP contribution in [-0.2, 0) is 7.05 Å². The first kappa shape index (κ1) is 13.7. The number of carboxylic acids is 1. The van der Waals surface area contributed by atoms with Gasteiger partial charge in [-0.3, -0.25) is 9.48 Å². The van der Waals surface area contributed by atoms with Gasteiger partial charge in [0.2, 0.25) is 0 Å². The Morgan fingerprint density at radius 2 is 2.05 bits per heavy atom. The first-order valence-corrected chi connectivity index (χ1v) is 5.91. The van der Waals surface area contributed by atoms with Crippen molar-refractivity contribution in [2.45, 2.75) is 13.8 Å². The summed E-state index contributed by atoms with van der Waals surface area (Å²) in [4.78, 5) is 27.2. The monoisotopic (exact) mass is 274 g/mol. The molecule has 2 N–H and O–H groups in total. The lowest BCUT2D eigenvalue weighted by Gasteiger charge is -2.07. The smallest absolute Gasteiger partial charge is 0.339 e. The van der Waals surface area contributed by atoms with E-state index in [1.807, 2.05) is 0 Å². The third kappa shape index (κ3) is 2.37. The maximum atomic E-state index is 12.2. The van der Waals surface area contributed by atoms with E-state index in [-0.39, 0.29) is 11.4 Å². The van der Waals surface area contributed by atoms with Crippen molar-refractivity contribution >= 4 is 17.7 Å². The van der Waals surface area contributed by atoms with Gasteiger partial charge in [-0.25, -0.2) is 9.78 Å². The molecule has 0 bridgehead atoms. The van der Waals surface area contributed by atoms with Gasteiger partial charge in [0, 0.05) is 18.9 Å². The van der Waals surface area contributed by atoms with Gasteiger partial charge in [0.25, 0.3) is 5.91 Å². The van der Waals surface area contributed by atoms with E-state index >= 15 is 0 Å². The summed E-state index contributed by atoms with van der Waals surface area (Å²) < 4.78 is 1.60. The second-order valence-corrected chi connectivity index (χ2v) is 4.33. The molecule has 7 nitrogen and oxygen atoms in total. The maximum Gasteiger partial charge on any atom is 0.339 e. The number of anilines is 1. The first-order chi connectivity index (χ1) is 9.41. The predicted octanol–water partition coefficient (Wildman–Crippen LogP) is 1.38. The fourth-order valence-corrected chi connectivity index (χ4v) is 1.95.